The summed E-state index contributed by atoms with van der Waals surface area (Å²) in [5.74, 6) is -0.826. The number of aryl methyl sites for hydroxylation is 1. The molecular formula is C24H25N3O5. The Kier molecular flexibility index (Phi) is 6.39. The van der Waals surface area contributed by atoms with Gasteiger partial charge in [0, 0.05) is 25.5 Å². The molecule has 0 fully saturated rings. The lowest BCUT2D eigenvalue weighted by Gasteiger charge is -2.27. The number of carbonyl (C=O) groups excluding carboxylic acids is 2. The highest BCUT2D eigenvalue weighted by molar-refractivity contribution is 6.15. The van der Waals surface area contributed by atoms with E-state index in [-0.39, 0.29) is 11.3 Å². The highest BCUT2D eigenvalue weighted by Crippen LogP contribution is 2.39. The Morgan fingerprint density at radius 3 is 2.69 bits per heavy atom. The average molecular weight is 435 g/mol. The molecular weight excluding hydrogens is 410 g/mol. The van der Waals surface area contributed by atoms with Crippen LogP contribution in [0.4, 0.5) is 0 Å². The Morgan fingerprint density at radius 1 is 1.22 bits per heavy atom. The number of hydrogen-bond acceptors (Lipinski definition) is 6. The molecule has 1 aliphatic rings. The number of amides is 1. The van der Waals surface area contributed by atoms with Gasteiger partial charge in [0.25, 0.3) is 5.91 Å². The van der Waals surface area contributed by atoms with Crippen LogP contribution in [0.25, 0.3) is 0 Å². The summed E-state index contributed by atoms with van der Waals surface area (Å²) in [4.78, 5) is 31.7. The van der Waals surface area contributed by atoms with Crippen molar-refractivity contribution in [3.8, 4) is 5.75 Å². The van der Waals surface area contributed by atoms with Gasteiger partial charge in [-0.05, 0) is 42.7 Å². The normalized spacial score (nSPS) is 16.1. The number of Topliss-reactive ketones (excluding diaryl/α,β-unsaturated/α-hetero) is 1. The second kappa shape index (κ2) is 9.55. The van der Waals surface area contributed by atoms with E-state index < -0.39 is 23.5 Å². The predicted octanol–water partition coefficient (Wildman–Crippen LogP) is 3.93. The fraction of sp³-hybridized carbons (Fsp3) is 0.292. The number of ketones is 1. The summed E-state index contributed by atoms with van der Waals surface area (Å²) in [6, 6.07) is 9.66. The smallest absolute Gasteiger partial charge is 0.290 e. The van der Waals surface area contributed by atoms with Gasteiger partial charge >= 0.3 is 0 Å². The van der Waals surface area contributed by atoms with E-state index >= 15 is 0 Å². The second-order valence-corrected chi connectivity index (χ2v) is 7.54. The van der Waals surface area contributed by atoms with Gasteiger partial charge in [0.05, 0.1) is 30.8 Å². The third kappa shape index (κ3) is 4.30. The molecule has 2 aromatic heterocycles. The Balaban J connectivity index is 1.63. The predicted molar refractivity (Wildman–Crippen MR) is 116 cm³/mol. The SMILES string of the molecule is CCCOc1ccc([C@@H]2C(C(=O)c3ccco3)=C(O)C(=O)N2CCCn2ccnc2)cc1. The Morgan fingerprint density at radius 2 is 2.03 bits per heavy atom. The van der Waals surface area contributed by atoms with Crippen molar-refractivity contribution in [2.24, 2.45) is 0 Å². The van der Waals surface area contributed by atoms with Crippen LogP contribution in [0.2, 0.25) is 0 Å². The van der Waals surface area contributed by atoms with Gasteiger partial charge in [0.15, 0.2) is 11.5 Å². The first-order valence-electron chi connectivity index (χ1n) is 10.6. The van der Waals surface area contributed by atoms with Crippen molar-refractivity contribution in [2.45, 2.75) is 32.4 Å². The lowest BCUT2D eigenvalue weighted by atomic mass is 9.95. The maximum atomic E-state index is 13.1. The fourth-order valence-corrected chi connectivity index (χ4v) is 3.81. The highest BCUT2D eigenvalue weighted by atomic mass is 16.5. The summed E-state index contributed by atoms with van der Waals surface area (Å²) in [5.41, 5.74) is 0.735. The fourth-order valence-electron chi connectivity index (χ4n) is 3.81. The number of aliphatic hydroxyl groups excluding tert-OH is 1. The Bertz CT molecular complexity index is 1090. The number of hydrogen-bond donors (Lipinski definition) is 1. The zero-order valence-corrected chi connectivity index (χ0v) is 17.8. The van der Waals surface area contributed by atoms with E-state index in [1.54, 1.807) is 18.6 Å². The van der Waals surface area contributed by atoms with Crippen LogP contribution in [0, 0.1) is 0 Å². The summed E-state index contributed by atoms with van der Waals surface area (Å²) in [6.45, 7) is 3.64. The quantitative estimate of drug-likeness (QED) is 0.485. The van der Waals surface area contributed by atoms with Gasteiger partial charge in [-0.1, -0.05) is 19.1 Å². The topological polar surface area (TPSA) is 97.8 Å². The highest BCUT2D eigenvalue weighted by Gasteiger charge is 2.44. The lowest BCUT2D eigenvalue weighted by molar-refractivity contribution is -0.129. The number of nitrogens with zero attached hydrogens (tertiary/aromatic N) is 3. The van der Waals surface area contributed by atoms with Crippen molar-refractivity contribution in [1.29, 1.82) is 0 Å². The summed E-state index contributed by atoms with van der Waals surface area (Å²) in [7, 11) is 0. The minimum Gasteiger partial charge on any atom is -0.503 e. The van der Waals surface area contributed by atoms with Gasteiger partial charge in [-0.3, -0.25) is 9.59 Å². The molecule has 0 saturated heterocycles. The third-order valence-corrected chi connectivity index (χ3v) is 5.34. The van der Waals surface area contributed by atoms with Crippen LogP contribution in [-0.2, 0) is 11.3 Å². The summed E-state index contributed by atoms with van der Waals surface area (Å²) in [6.07, 6.45) is 8.16. The zero-order chi connectivity index (χ0) is 22.5. The van der Waals surface area contributed by atoms with E-state index in [1.807, 2.05) is 42.0 Å². The molecule has 8 nitrogen and oxygen atoms in total. The molecule has 4 rings (SSSR count). The minimum absolute atomic E-state index is 0.0230. The summed E-state index contributed by atoms with van der Waals surface area (Å²) in [5, 5.41) is 10.7. The number of benzene rings is 1. The molecule has 166 valence electrons. The molecule has 1 atom stereocenters. The standard InChI is InChI=1S/C24H25N3O5/c1-2-14-31-18-8-6-17(7-9-18)21-20(22(28)19-5-3-15-32-19)23(29)24(30)27(21)12-4-11-26-13-10-25-16-26/h3,5-10,13,15-16,21,29H,2,4,11-12,14H2,1H3/t21-/m1/s1. The van der Waals surface area contributed by atoms with Gasteiger partial charge in [-0.25, -0.2) is 4.98 Å². The molecule has 32 heavy (non-hydrogen) atoms. The first kappa shape index (κ1) is 21.4. The molecule has 0 bridgehead atoms. The van der Waals surface area contributed by atoms with E-state index in [0.29, 0.717) is 37.4 Å². The zero-order valence-electron chi connectivity index (χ0n) is 17.8. The van der Waals surface area contributed by atoms with E-state index in [1.165, 1.54) is 17.2 Å². The molecule has 1 aliphatic heterocycles. The van der Waals surface area contributed by atoms with Crippen LogP contribution in [-0.4, -0.2) is 44.4 Å². The van der Waals surface area contributed by atoms with Gasteiger partial charge in [0.1, 0.15) is 5.75 Å². The monoisotopic (exact) mass is 435 g/mol. The van der Waals surface area contributed by atoms with Crippen LogP contribution in [0.15, 0.2) is 77.1 Å². The summed E-state index contributed by atoms with van der Waals surface area (Å²) >= 11 is 0. The van der Waals surface area contributed by atoms with Crippen LogP contribution in [0.3, 0.4) is 0 Å². The van der Waals surface area contributed by atoms with E-state index in [0.717, 1.165) is 6.42 Å². The van der Waals surface area contributed by atoms with Gasteiger partial charge < -0.3 is 23.7 Å². The molecule has 0 saturated carbocycles. The molecule has 1 aromatic carbocycles. The molecule has 1 N–H and O–H groups in total. The van der Waals surface area contributed by atoms with Crippen LogP contribution < -0.4 is 4.74 Å². The number of aliphatic hydroxyl groups is 1. The second-order valence-electron chi connectivity index (χ2n) is 7.54. The number of imidazole rings is 1. The third-order valence-electron chi connectivity index (χ3n) is 5.34. The molecule has 3 aromatic rings. The van der Waals surface area contributed by atoms with Crippen LogP contribution in [0.1, 0.15) is 41.9 Å². The average Bonchev–Trinajstić information content (AvgIpc) is 3.56. The lowest BCUT2D eigenvalue weighted by Crippen LogP contribution is -2.32. The van der Waals surface area contributed by atoms with Crippen molar-refractivity contribution in [3.63, 3.8) is 0 Å². The molecule has 3 heterocycles. The maximum absolute atomic E-state index is 13.1. The number of aromatic nitrogens is 2. The molecule has 8 heteroatoms. The van der Waals surface area contributed by atoms with Crippen LogP contribution in [0.5, 0.6) is 5.75 Å². The molecule has 0 spiro atoms. The van der Waals surface area contributed by atoms with E-state index in [9.17, 15) is 14.7 Å². The molecule has 0 unspecified atom stereocenters. The van der Waals surface area contributed by atoms with Gasteiger partial charge in [-0.2, -0.15) is 0 Å². The Hall–Kier alpha value is -3.81. The first-order valence-corrected chi connectivity index (χ1v) is 10.6. The van der Waals surface area contributed by atoms with Crippen molar-refractivity contribution in [3.05, 3.63) is 84.0 Å². The van der Waals surface area contributed by atoms with Crippen molar-refractivity contribution < 1.29 is 23.8 Å². The molecule has 0 aliphatic carbocycles. The van der Waals surface area contributed by atoms with Crippen molar-refractivity contribution in [2.75, 3.05) is 13.2 Å². The van der Waals surface area contributed by atoms with Crippen molar-refractivity contribution in [1.82, 2.24) is 14.5 Å². The van der Waals surface area contributed by atoms with E-state index in [4.69, 9.17) is 9.15 Å². The molecule has 1 amide bonds. The summed E-state index contributed by atoms with van der Waals surface area (Å²) < 4.78 is 12.8. The van der Waals surface area contributed by atoms with E-state index in [2.05, 4.69) is 4.98 Å². The first-order chi connectivity index (χ1) is 15.6. The minimum atomic E-state index is -0.719. The number of carbonyl (C=O) groups is 2. The number of ether oxygens (including phenoxy) is 1. The maximum Gasteiger partial charge on any atom is 0.290 e. The van der Waals surface area contributed by atoms with Crippen LogP contribution >= 0.6 is 0 Å². The molecule has 0 radical (unpaired) electrons. The van der Waals surface area contributed by atoms with Gasteiger partial charge in [0.2, 0.25) is 5.78 Å². The number of furan rings is 1. The Labute approximate surface area is 185 Å². The number of rotatable bonds is 10. The van der Waals surface area contributed by atoms with Gasteiger partial charge in [-0.15, -0.1) is 0 Å². The van der Waals surface area contributed by atoms with Crippen molar-refractivity contribution >= 4 is 11.7 Å². The largest absolute Gasteiger partial charge is 0.503 e.